The van der Waals surface area contributed by atoms with E-state index in [0.29, 0.717) is 0 Å². The van der Waals surface area contributed by atoms with Gasteiger partial charge >= 0.3 is 6.18 Å². The maximum atomic E-state index is 12.6. The lowest BCUT2D eigenvalue weighted by molar-refractivity contribution is -0.149. The largest absolute Gasteiger partial charge is 0.407 e. The van der Waals surface area contributed by atoms with Gasteiger partial charge in [0.15, 0.2) is 0 Å². The van der Waals surface area contributed by atoms with Crippen LogP contribution in [-0.2, 0) is 0 Å². The third kappa shape index (κ3) is 2.94. The second-order valence-corrected chi connectivity index (χ2v) is 4.35. The number of nitrogens with one attached hydrogen (secondary N) is 1. The Labute approximate surface area is 104 Å². The van der Waals surface area contributed by atoms with E-state index in [-0.39, 0.29) is 5.56 Å². The van der Waals surface area contributed by atoms with Crippen LogP contribution in [0.25, 0.3) is 0 Å². The molecule has 6 heteroatoms. The molecular formula is C12H16F3N3. The van der Waals surface area contributed by atoms with Gasteiger partial charge in [-0.05, 0) is 17.7 Å². The second-order valence-electron chi connectivity index (χ2n) is 4.35. The van der Waals surface area contributed by atoms with E-state index in [2.05, 4.69) is 10.2 Å². The van der Waals surface area contributed by atoms with Gasteiger partial charge in [0.25, 0.3) is 0 Å². The fourth-order valence-electron chi connectivity index (χ4n) is 2.03. The molecule has 0 aromatic heterocycles. The molecule has 1 aromatic rings. The first kappa shape index (κ1) is 13.2. The molecule has 0 radical (unpaired) electrons. The zero-order valence-corrected chi connectivity index (χ0v) is 9.87. The average molecular weight is 259 g/mol. The van der Waals surface area contributed by atoms with Crippen molar-refractivity contribution in [3.05, 3.63) is 29.8 Å². The van der Waals surface area contributed by atoms with Gasteiger partial charge in [0.1, 0.15) is 6.04 Å². The lowest BCUT2D eigenvalue weighted by Gasteiger charge is -2.30. The Morgan fingerprint density at radius 1 is 1.22 bits per heavy atom. The number of halogens is 3. The molecule has 0 saturated carbocycles. The predicted octanol–water partition coefficient (Wildman–Crippen LogP) is 1.66. The van der Waals surface area contributed by atoms with Crippen LogP contribution >= 0.6 is 0 Å². The number of alkyl halides is 3. The van der Waals surface area contributed by atoms with Gasteiger partial charge in [-0.25, -0.2) is 0 Å². The number of anilines is 1. The van der Waals surface area contributed by atoms with Gasteiger partial charge in [-0.3, -0.25) is 0 Å². The molecule has 1 aromatic carbocycles. The summed E-state index contributed by atoms with van der Waals surface area (Å²) in [5, 5.41) is 3.20. The van der Waals surface area contributed by atoms with Crippen LogP contribution in [0, 0.1) is 0 Å². The van der Waals surface area contributed by atoms with E-state index in [0.717, 1.165) is 31.9 Å². The van der Waals surface area contributed by atoms with Gasteiger partial charge in [0, 0.05) is 31.9 Å². The van der Waals surface area contributed by atoms with Crippen LogP contribution in [0.5, 0.6) is 0 Å². The normalized spacial score (nSPS) is 18.8. The quantitative estimate of drug-likeness (QED) is 0.848. The number of benzene rings is 1. The minimum atomic E-state index is -4.40. The van der Waals surface area contributed by atoms with Crippen molar-refractivity contribution < 1.29 is 13.2 Å². The number of nitrogens with zero attached hydrogens (tertiary/aromatic N) is 1. The summed E-state index contributed by atoms with van der Waals surface area (Å²) in [5.41, 5.74) is 6.12. The van der Waals surface area contributed by atoms with Crippen molar-refractivity contribution >= 4 is 5.69 Å². The van der Waals surface area contributed by atoms with E-state index in [1.54, 1.807) is 6.07 Å². The number of hydrogen-bond acceptors (Lipinski definition) is 3. The fourth-order valence-corrected chi connectivity index (χ4v) is 2.03. The molecule has 1 fully saturated rings. The summed E-state index contributed by atoms with van der Waals surface area (Å²) in [7, 11) is 0. The maximum Gasteiger partial charge on any atom is 0.407 e. The number of rotatable bonds is 2. The van der Waals surface area contributed by atoms with Crippen molar-refractivity contribution in [2.24, 2.45) is 5.73 Å². The van der Waals surface area contributed by atoms with Crippen LogP contribution < -0.4 is 16.0 Å². The van der Waals surface area contributed by atoms with Crippen molar-refractivity contribution in [3.8, 4) is 0 Å². The fraction of sp³-hybridized carbons (Fsp3) is 0.500. The highest BCUT2D eigenvalue weighted by atomic mass is 19.4. The Morgan fingerprint density at radius 3 is 2.50 bits per heavy atom. The highest BCUT2D eigenvalue weighted by Crippen LogP contribution is 2.32. The van der Waals surface area contributed by atoms with Crippen molar-refractivity contribution in [2.45, 2.75) is 12.2 Å². The van der Waals surface area contributed by atoms with Gasteiger partial charge in [0.05, 0.1) is 0 Å². The maximum absolute atomic E-state index is 12.6. The van der Waals surface area contributed by atoms with E-state index >= 15 is 0 Å². The average Bonchev–Trinajstić information content (AvgIpc) is 2.38. The highest BCUT2D eigenvalue weighted by molar-refractivity contribution is 5.49. The van der Waals surface area contributed by atoms with Gasteiger partial charge in [0.2, 0.25) is 0 Å². The molecule has 0 spiro atoms. The summed E-state index contributed by atoms with van der Waals surface area (Å²) >= 11 is 0. The second kappa shape index (κ2) is 5.16. The van der Waals surface area contributed by atoms with E-state index in [4.69, 9.17) is 5.73 Å². The smallest absolute Gasteiger partial charge is 0.369 e. The van der Waals surface area contributed by atoms with Gasteiger partial charge in [-0.2, -0.15) is 13.2 Å². The third-order valence-electron chi connectivity index (χ3n) is 3.06. The van der Waals surface area contributed by atoms with E-state index in [1.165, 1.54) is 12.1 Å². The molecule has 3 nitrogen and oxygen atoms in total. The molecule has 18 heavy (non-hydrogen) atoms. The minimum Gasteiger partial charge on any atom is -0.369 e. The van der Waals surface area contributed by atoms with Crippen molar-refractivity contribution in [3.63, 3.8) is 0 Å². The van der Waals surface area contributed by atoms with Crippen LogP contribution in [0.1, 0.15) is 11.6 Å². The molecule has 1 aliphatic heterocycles. The van der Waals surface area contributed by atoms with Crippen LogP contribution in [0.2, 0.25) is 0 Å². The molecule has 0 amide bonds. The molecule has 1 heterocycles. The first-order chi connectivity index (χ1) is 8.48. The first-order valence-corrected chi connectivity index (χ1v) is 5.86. The third-order valence-corrected chi connectivity index (χ3v) is 3.06. The predicted molar refractivity (Wildman–Crippen MR) is 64.5 cm³/mol. The molecule has 1 atom stereocenters. The van der Waals surface area contributed by atoms with E-state index in [9.17, 15) is 13.2 Å². The van der Waals surface area contributed by atoms with Crippen LogP contribution in [0.3, 0.4) is 0 Å². The molecule has 1 aliphatic rings. The van der Waals surface area contributed by atoms with Crippen molar-refractivity contribution in [1.29, 1.82) is 0 Å². The Bertz CT molecular complexity index is 400. The Balaban J connectivity index is 2.19. The molecule has 2 rings (SSSR count). The number of hydrogen-bond donors (Lipinski definition) is 2. The van der Waals surface area contributed by atoms with E-state index in [1.807, 2.05) is 6.07 Å². The molecule has 0 bridgehead atoms. The summed E-state index contributed by atoms with van der Waals surface area (Å²) < 4.78 is 37.7. The van der Waals surface area contributed by atoms with Gasteiger partial charge < -0.3 is 16.0 Å². The van der Waals surface area contributed by atoms with Gasteiger partial charge in [-0.1, -0.05) is 12.1 Å². The molecule has 1 saturated heterocycles. The summed E-state index contributed by atoms with van der Waals surface area (Å²) in [6.07, 6.45) is -4.40. The number of piperazine rings is 1. The molecule has 0 aliphatic carbocycles. The molecule has 3 N–H and O–H groups in total. The minimum absolute atomic E-state index is 0.110. The molecular weight excluding hydrogens is 243 g/mol. The van der Waals surface area contributed by atoms with Crippen molar-refractivity contribution in [2.75, 3.05) is 31.1 Å². The summed E-state index contributed by atoms with van der Waals surface area (Å²) in [6.45, 7) is 3.28. The van der Waals surface area contributed by atoms with E-state index < -0.39 is 12.2 Å². The van der Waals surface area contributed by atoms with Crippen LogP contribution in [-0.4, -0.2) is 32.4 Å². The Kier molecular flexibility index (Phi) is 3.77. The zero-order valence-electron chi connectivity index (χ0n) is 9.87. The standard InChI is InChI=1S/C12H16F3N3/c13-12(14,15)11(16)9-2-1-3-10(8-9)18-6-4-17-5-7-18/h1-3,8,11,17H,4-7,16H2/t11-/m1/s1. The lowest BCUT2D eigenvalue weighted by Crippen LogP contribution is -2.43. The summed E-state index contributed by atoms with van der Waals surface area (Å²) in [5.74, 6) is 0. The Hall–Kier alpha value is -1.27. The molecule has 0 unspecified atom stereocenters. The Morgan fingerprint density at radius 2 is 1.89 bits per heavy atom. The van der Waals surface area contributed by atoms with Crippen LogP contribution in [0.4, 0.5) is 18.9 Å². The monoisotopic (exact) mass is 259 g/mol. The zero-order chi connectivity index (χ0) is 13.2. The summed E-state index contributed by atoms with van der Waals surface area (Å²) in [6, 6.07) is 4.48. The van der Waals surface area contributed by atoms with Gasteiger partial charge in [-0.15, -0.1) is 0 Å². The van der Waals surface area contributed by atoms with Crippen LogP contribution in [0.15, 0.2) is 24.3 Å². The lowest BCUT2D eigenvalue weighted by atomic mass is 10.1. The molecule has 100 valence electrons. The first-order valence-electron chi connectivity index (χ1n) is 5.86. The highest BCUT2D eigenvalue weighted by Gasteiger charge is 2.37. The SMILES string of the molecule is N[C@H](c1cccc(N2CCNCC2)c1)C(F)(F)F. The van der Waals surface area contributed by atoms with Crippen molar-refractivity contribution in [1.82, 2.24) is 5.32 Å². The number of nitrogens with two attached hydrogens (primary N) is 1. The topological polar surface area (TPSA) is 41.3 Å². The summed E-state index contributed by atoms with van der Waals surface area (Å²) in [4.78, 5) is 2.06.